The molecule has 3 rings (SSSR count). The molecular weight excluding hydrogens is 488 g/mol. The van der Waals surface area contributed by atoms with Crippen molar-refractivity contribution in [2.24, 2.45) is 10.7 Å². The summed E-state index contributed by atoms with van der Waals surface area (Å²) in [6.07, 6.45) is 3.30. The number of hydrogen-bond acceptors (Lipinski definition) is 6. The summed E-state index contributed by atoms with van der Waals surface area (Å²) in [5.41, 5.74) is 7.70. The number of aliphatic carboxylic acids is 2. The Morgan fingerprint density at radius 1 is 1.00 bits per heavy atom. The fourth-order valence-corrected chi connectivity index (χ4v) is 4.63. The minimum Gasteiger partial charge on any atom is -0.508 e. The van der Waals surface area contributed by atoms with Gasteiger partial charge in [-0.15, -0.1) is 0 Å². The van der Waals surface area contributed by atoms with Crippen molar-refractivity contribution in [1.82, 2.24) is 10.2 Å². The number of rotatable bonds is 14. The molecule has 1 aliphatic heterocycles. The fourth-order valence-electron chi connectivity index (χ4n) is 4.63. The largest absolute Gasteiger partial charge is 0.508 e. The molecule has 3 atom stereocenters. The maximum atomic E-state index is 13.4. The number of nitrogens with zero attached hydrogens (tertiary/aromatic N) is 2. The third kappa shape index (κ3) is 8.31. The SMILES string of the molecule is NC(=NCCCC[C@H](N[C@@H](CCc1ccccc1)C(=O)O)C(=O)N1CCC[C@H]1C(=O)O)c1ccc(O)cc1. The van der Waals surface area contributed by atoms with E-state index in [0.29, 0.717) is 69.4 Å². The van der Waals surface area contributed by atoms with E-state index in [1.807, 2.05) is 30.3 Å². The van der Waals surface area contributed by atoms with Crippen LogP contribution >= 0.6 is 0 Å². The zero-order valence-corrected chi connectivity index (χ0v) is 21.3. The van der Waals surface area contributed by atoms with Crippen molar-refractivity contribution in [3.8, 4) is 5.75 Å². The molecule has 1 fully saturated rings. The summed E-state index contributed by atoms with van der Waals surface area (Å²) in [7, 11) is 0. The molecule has 0 spiro atoms. The topological polar surface area (TPSA) is 166 Å². The zero-order chi connectivity index (χ0) is 27.5. The number of carboxylic acid groups (broad SMARTS) is 2. The number of aromatic hydroxyl groups is 1. The smallest absolute Gasteiger partial charge is 0.326 e. The lowest BCUT2D eigenvalue weighted by molar-refractivity contribution is -0.149. The lowest BCUT2D eigenvalue weighted by Crippen LogP contribution is -2.54. The maximum Gasteiger partial charge on any atom is 0.326 e. The van der Waals surface area contributed by atoms with Gasteiger partial charge in [-0.1, -0.05) is 30.3 Å². The molecule has 2 aromatic carbocycles. The highest BCUT2D eigenvalue weighted by Crippen LogP contribution is 2.20. The highest BCUT2D eigenvalue weighted by molar-refractivity contribution is 5.97. The number of nitrogens with two attached hydrogens (primary N) is 1. The second kappa shape index (κ2) is 14.1. The second-order valence-electron chi connectivity index (χ2n) is 9.47. The Balaban J connectivity index is 1.64. The van der Waals surface area contributed by atoms with Gasteiger partial charge >= 0.3 is 11.9 Å². The molecule has 10 nitrogen and oxygen atoms in total. The molecule has 0 saturated carbocycles. The summed E-state index contributed by atoms with van der Waals surface area (Å²) in [6.45, 7) is 0.745. The normalized spacial score (nSPS) is 17.2. The van der Waals surface area contributed by atoms with Crippen LogP contribution in [0.2, 0.25) is 0 Å². The monoisotopic (exact) mass is 524 g/mol. The number of nitrogens with one attached hydrogen (secondary N) is 1. The van der Waals surface area contributed by atoms with Crippen molar-refractivity contribution in [2.45, 2.75) is 63.1 Å². The van der Waals surface area contributed by atoms with E-state index < -0.39 is 30.1 Å². The van der Waals surface area contributed by atoms with Gasteiger partial charge in [0.2, 0.25) is 5.91 Å². The number of carboxylic acids is 2. The fraction of sp³-hybridized carbons (Fsp3) is 0.429. The molecule has 2 aromatic rings. The molecule has 38 heavy (non-hydrogen) atoms. The lowest BCUT2D eigenvalue weighted by atomic mass is 10.0. The van der Waals surface area contributed by atoms with Gasteiger partial charge < -0.3 is 26.0 Å². The lowest BCUT2D eigenvalue weighted by Gasteiger charge is -2.29. The first-order chi connectivity index (χ1) is 18.3. The zero-order valence-electron chi connectivity index (χ0n) is 21.3. The average molecular weight is 525 g/mol. The van der Waals surface area contributed by atoms with Crippen LogP contribution in [0.3, 0.4) is 0 Å². The van der Waals surface area contributed by atoms with Gasteiger partial charge in [-0.2, -0.15) is 0 Å². The molecule has 0 aromatic heterocycles. The Hall–Kier alpha value is -3.92. The van der Waals surface area contributed by atoms with Crippen molar-refractivity contribution in [3.05, 3.63) is 65.7 Å². The minimum absolute atomic E-state index is 0.135. The van der Waals surface area contributed by atoms with Crippen LogP contribution in [0, 0.1) is 0 Å². The van der Waals surface area contributed by atoms with Gasteiger partial charge in [-0.05, 0) is 74.8 Å². The van der Waals surface area contributed by atoms with E-state index in [-0.39, 0.29) is 11.7 Å². The van der Waals surface area contributed by atoms with E-state index in [0.717, 1.165) is 5.56 Å². The number of likely N-dealkylation sites (tertiary alicyclic amines) is 1. The highest BCUT2D eigenvalue weighted by Gasteiger charge is 2.38. The van der Waals surface area contributed by atoms with Gasteiger partial charge in [0.25, 0.3) is 0 Å². The van der Waals surface area contributed by atoms with Gasteiger partial charge in [0.1, 0.15) is 23.7 Å². The highest BCUT2D eigenvalue weighted by atomic mass is 16.4. The number of aryl methyl sites for hydroxylation is 1. The Kier molecular flexibility index (Phi) is 10.7. The number of benzene rings is 2. The van der Waals surface area contributed by atoms with E-state index in [1.165, 1.54) is 17.0 Å². The molecule has 0 radical (unpaired) electrons. The van der Waals surface area contributed by atoms with Crippen LogP contribution in [0.5, 0.6) is 5.75 Å². The van der Waals surface area contributed by atoms with Gasteiger partial charge in [0.05, 0.1) is 6.04 Å². The van der Waals surface area contributed by atoms with Gasteiger partial charge in [0.15, 0.2) is 0 Å². The first kappa shape index (κ1) is 28.6. The molecule has 1 saturated heterocycles. The number of phenols is 1. The first-order valence-electron chi connectivity index (χ1n) is 12.9. The summed E-state index contributed by atoms with van der Waals surface area (Å²) in [4.78, 5) is 42.9. The number of carbonyl (C=O) groups is 3. The predicted octanol–water partition coefficient (Wildman–Crippen LogP) is 2.39. The third-order valence-electron chi connectivity index (χ3n) is 6.73. The molecule has 10 heteroatoms. The van der Waals surface area contributed by atoms with E-state index >= 15 is 0 Å². The minimum atomic E-state index is -1.05. The number of amidine groups is 1. The number of hydrogen-bond donors (Lipinski definition) is 5. The number of unbranched alkanes of at least 4 members (excludes halogenated alkanes) is 1. The van der Waals surface area contributed by atoms with Crippen molar-refractivity contribution in [3.63, 3.8) is 0 Å². The van der Waals surface area contributed by atoms with Crippen LogP contribution < -0.4 is 11.1 Å². The summed E-state index contributed by atoms with van der Waals surface area (Å²) in [5.74, 6) is -2.01. The molecule has 0 bridgehead atoms. The van der Waals surface area contributed by atoms with Crippen LogP contribution in [-0.4, -0.2) is 75.1 Å². The number of phenolic OH excluding ortho intramolecular Hbond substituents is 1. The Bertz CT molecular complexity index is 1110. The number of carbonyl (C=O) groups excluding carboxylic acids is 1. The van der Waals surface area contributed by atoms with Gasteiger partial charge in [0, 0.05) is 18.7 Å². The van der Waals surface area contributed by atoms with Gasteiger partial charge in [-0.25, -0.2) is 4.79 Å². The number of aliphatic imine (C=N–C) groups is 1. The van der Waals surface area contributed by atoms with Crippen molar-refractivity contribution in [1.29, 1.82) is 0 Å². The molecule has 6 N–H and O–H groups in total. The predicted molar refractivity (Wildman–Crippen MR) is 143 cm³/mol. The van der Waals surface area contributed by atoms with Crippen LogP contribution in [0.1, 0.15) is 49.7 Å². The Morgan fingerprint density at radius 3 is 2.37 bits per heavy atom. The molecule has 0 aliphatic carbocycles. The molecule has 204 valence electrons. The molecular formula is C28H36N4O6. The summed E-state index contributed by atoms with van der Waals surface area (Å²) in [6, 6.07) is 13.2. The van der Waals surface area contributed by atoms with E-state index in [9.17, 15) is 29.7 Å². The Labute approximate surface area is 222 Å². The van der Waals surface area contributed by atoms with Crippen molar-refractivity contribution < 1.29 is 29.7 Å². The standard InChI is InChI=1S/C28H36N4O6/c29-25(20-12-14-21(33)15-13-20)30-17-5-4-9-22(26(34)32-18-6-10-24(32)28(37)38)31-23(27(35)36)16-11-19-7-2-1-3-8-19/h1-3,7-8,12-15,22-24,31,33H,4-6,9-11,16-18H2,(H2,29,30)(H,35,36)(H,37,38)/t22-,23-,24-/m0/s1. The van der Waals surface area contributed by atoms with Crippen LogP contribution in [-0.2, 0) is 20.8 Å². The second-order valence-corrected chi connectivity index (χ2v) is 9.47. The summed E-state index contributed by atoms with van der Waals surface area (Å²) in [5, 5.41) is 31.8. The molecule has 1 amide bonds. The number of amides is 1. The molecule has 1 aliphatic rings. The molecule has 0 unspecified atom stereocenters. The molecule has 1 heterocycles. The quantitative estimate of drug-likeness (QED) is 0.143. The van der Waals surface area contributed by atoms with Gasteiger partial charge in [-0.3, -0.25) is 19.9 Å². The van der Waals surface area contributed by atoms with Crippen molar-refractivity contribution >= 4 is 23.7 Å². The Morgan fingerprint density at radius 2 is 1.71 bits per heavy atom. The van der Waals surface area contributed by atoms with E-state index in [1.54, 1.807) is 12.1 Å². The van der Waals surface area contributed by atoms with Crippen LogP contribution in [0.15, 0.2) is 59.6 Å². The van der Waals surface area contributed by atoms with E-state index in [2.05, 4.69) is 10.3 Å². The summed E-state index contributed by atoms with van der Waals surface area (Å²) < 4.78 is 0. The van der Waals surface area contributed by atoms with Crippen LogP contribution in [0.25, 0.3) is 0 Å². The average Bonchev–Trinajstić information content (AvgIpc) is 3.40. The third-order valence-corrected chi connectivity index (χ3v) is 6.73. The maximum absolute atomic E-state index is 13.4. The van der Waals surface area contributed by atoms with Crippen molar-refractivity contribution in [2.75, 3.05) is 13.1 Å². The summed E-state index contributed by atoms with van der Waals surface area (Å²) >= 11 is 0. The van der Waals surface area contributed by atoms with E-state index in [4.69, 9.17) is 5.73 Å². The van der Waals surface area contributed by atoms with Crippen LogP contribution in [0.4, 0.5) is 0 Å². The first-order valence-corrected chi connectivity index (χ1v) is 12.9.